The Hall–Kier alpha value is -2.08. The summed E-state index contributed by atoms with van der Waals surface area (Å²) in [6.07, 6.45) is 0.839. The standard InChI is InChI=1S/C15H20N2O4/c1-10-7-8-17(13(10)9-18)15(21)16(2)12-6-4-3-5-11(12)14(19)20/h3-6,10,13,18H,7-9H2,1-2H3,(H,19,20). The van der Waals surface area contributed by atoms with Gasteiger partial charge in [0.2, 0.25) is 0 Å². The van der Waals surface area contributed by atoms with Crippen LogP contribution in [0.5, 0.6) is 0 Å². The number of rotatable bonds is 3. The summed E-state index contributed by atoms with van der Waals surface area (Å²) in [5.41, 5.74) is 0.437. The van der Waals surface area contributed by atoms with Crippen LogP contribution in [0.1, 0.15) is 23.7 Å². The molecule has 1 heterocycles. The maximum Gasteiger partial charge on any atom is 0.337 e. The summed E-state index contributed by atoms with van der Waals surface area (Å²) in [5, 5.41) is 18.7. The van der Waals surface area contributed by atoms with E-state index in [0.717, 1.165) is 6.42 Å². The van der Waals surface area contributed by atoms with E-state index in [1.54, 1.807) is 30.1 Å². The molecule has 1 aliphatic heterocycles. The van der Waals surface area contributed by atoms with E-state index in [2.05, 4.69) is 0 Å². The molecular formula is C15H20N2O4. The predicted molar refractivity (Wildman–Crippen MR) is 78.6 cm³/mol. The molecule has 2 N–H and O–H groups in total. The van der Waals surface area contributed by atoms with E-state index in [1.165, 1.54) is 11.0 Å². The first-order valence-electron chi connectivity index (χ1n) is 6.95. The molecule has 114 valence electrons. The number of aliphatic hydroxyl groups is 1. The zero-order chi connectivity index (χ0) is 15.6. The third-order valence-electron chi connectivity index (χ3n) is 4.10. The molecule has 0 spiro atoms. The van der Waals surface area contributed by atoms with E-state index in [1.807, 2.05) is 6.92 Å². The Morgan fingerprint density at radius 2 is 2.05 bits per heavy atom. The monoisotopic (exact) mass is 292 g/mol. The van der Waals surface area contributed by atoms with E-state index in [4.69, 9.17) is 0 Å². The van der Waals surface area contributed by atoms with Gasteiger partial charge in [0.25, 0.3) is 0 Å². The highest BCUT2D eigenvalue weighted by molar-refractivity contribution is 6.01. The fourth-order valence-corrected chi connectivity index (χ4v) is 2.77. The number of hydrogen-bond acceptors (Lipinski definition) is 3. The van der Waals surface area contributed by atoms with Crippen molar-refractivity contribution in [2.45, 2.75) is 19.4 Å². The van der Waals surface area contributed by atoms with Gasteiger partial charge < -0.3 is 15.1 Å². The van der Waals surface area contributed by atoms with Gasteiger partial charge in [-0.05, 0) is 24.5 Å². The summed E-state index contributed by atoms with van der Waals surface area (Å²) < 4.78 is 0. The van der Waals surface area contributed by atoms with Crippen LogP contribution in [-0.2, 0) is 0 Å². The molecule has 1 aromatic rings. The van der Waals surface area contributed by atoms with Crippen LogP contribution in [0.3, 0.4) is 0 Å². The molecule has 6 nitrogen and oxygen atoms in total. The molecule has 1 saturated heterocycles. The van der Waals surface area contributed by atoms with Crippen LogP contribution in [-0.4, -0.2) is 53.4 Å². The van der Waals surface area contributed by atoms with E-state index in [0.29, 0.717) is 12.2 Å². The van der Waals surface area contributed by atoms with Crippen molar-refractivity contribution in [3.63, 3.8) is 0 Å². The second kappa shape index (κ2) is 6.13. The van der Waals surface area contributed by atoms with Crippen molar-refractivity contribution in [1.82, 2.24) is 4.90 Å². The number of aromatic carboxylic acids is 1. The Kier molecular flexibility index (Phi) is 4.47. The molecule has 21 heavy (non-hydrogen) atoms. The molecule has 1 aliphatic rings. The molecule has 2 amide bonds. The van der Waals surface area contributed by atoms with Crippen molar-refractivity contribution < 1.29 is 19.8 Å². The van der Waals surface area contributed by atoms with Crippen molar-refractivity contribution in [1.29, 1.82) is 0 Å². The predicted octanol–water partition coefficient (Wildman–Crippen LogP) is 1.64. The van der Waals surface area contributed by atoms with Crippen LogP contribution in [0, 0.1) is 5.92 Å². The highest BCUT2D eigenvalue weighted by Gasteiger charge is 2.36. The molecule has 0 bridgehead atoms. The fourth-order valence-electron chi connectivity index (χ4n) is 2.77. The second-order valence-electron chi connectivity index (χ2n) is 5.37. The van der Waals surface area contributed by atoms with Gasteiger partial charge in [-0.15, -0.1) is 0 Å². The lowest BCUT2D eigenvalue weighted by Gasteiger charge is -2.30. The number of hydrogen-bond donors (Lipinski definition) is 2. The first-order valence-corrected chi connectivity index (χ1v) is 6.95. The lowest BCUT2D eigenvalue weighted by Crippen LogP contribution is -2.46. The lowest BCUT2D eigenvalue weighted by molar-refractivity contribution is 0.0697. The molecule has 0 saturated carbocycles. The number of benzene rings is 1. The van der Waals surface area contributed by atoms with Crippen LogP contribution in [0.2, 0.25) is 0 Å². The molecule has 0 aliphatic carbocycles. The van der Waals surface area contributed by atoms with E-state index in [-0.39, 0.29) is 30.2 Å². The first kappa shape index (κ1) is 15.3. The zero-order valence-electron chi connectivity index (χ0n) is 12.2. The van der Waals surface area contributed by atoms with E-state index in [9.17, 15) is 19.8 Å². The van der Waals surface area contributed by atoms with Gasteiger partial charge in [0.1, 0.15) is 0 Å². The van der Waals surface area contributed by atoms with Gasteiger partial charge >= 0.3 is 12.0 Å². The number of anilines is 1. The molecule has 1 fully saturated rings. The topological polar surface area (TPSA) is 81.1 Å². The molecule has 6 heteroatoms. The van der Waals surface area contributed by atoms with Gasteiger partial charge in [-0.3, -0.25) is 4.90 Å². The Morgan fingerprint density at radius 3 is 2.67 bits per heavy atom. The van der Waals surface area contributed by atoms with Crippen molar-refractivity contribution in [2.75, 3.05) is 25.1 Å². The normalized spacial score (nSPS) is 21.4. The number of carbonyl (C=O) groups excluding carboxylic acids is 1. The average molecular weight is 292 g/mol. The molecule has 0 aromatic heterocycles. The number of likely N-dealkylation sites (tertiary alicyclic amines) is 1. The van der Waals surface area contributed by atoms with Crippen molar-refractivity contribution in [2.24, 2.45) is 5.92 Å². The van der Waals surface area contributed by atoms with E-state index < -0.39 is 5.97 Å². The number of carboxylic acids is 1. The van der Waals surface area contributed by atoms with Gasteiger partial charge in [-0.2, -0.15) is 0 Å². The average Bonchev–Trinajstić information content (AvgIpc) is 2.86. The third-order valence-corrected chi connectivity index (χ3v) is 4.10. The highest BCUT2D eigenvalue weighted by atomic mass is 16.4. The first-order chi connectivity index (χ1) is 9.97. The number of para-hydroxylation sites is 1. The lowest BCUT2D eigenvalue weighted by atomic mass is 10.0. The maximum atomic E-state index is 12.6. The quantitative estimate of drug-likeness (QED) is 0.887. The number of carboxylic acid groups (broad SMARTS) is 1. The SMILES string of the molecule is CC1CCN(C(=O)N(C)c2ccccc2C(=O)O)C1CO. The number of carbonyl (C=O) groups is 2. The van der Waals surface area contributed by atoms with E-state index >= 15 is 0 Å². The Bertz CT molecular complexity index is 546. The summed E-state index contributed by atoms with van der Waals surface area (Å²) in [4.78, 5) is 26.8. The molecule has 2 atom stereocenters. The Balaban J connectivity index is 2.26. The minimum atomic E-state index is -1.07. The molecule has 1 aromatic carbocycles. The number of amides is 2. The Labute approximate surface area is 123 Å². The van der Waals surface area contributed by atoms with Crippen LogP contribution < -0.4 is 4.90 Å². The summed E-state index contributed by atoms with van der Waals surface area (Å²) in [6, 6.07) is 5.90. The van der Waals surface area contributed by atoms with Gasteiger partial charge in [0, 0.05) is 13.6 Å². The minimum Gasteiger partial charge on any atom is -0.478 e. The number of urea groups is 1. The van der Waals surface area contributed by atoms with Crippen molar-refractivity contribution in [3.05, 3.63) is 29.8 Å². The molecule has 2 rings (SSSR count). The largest absolute Gasteiger partial charge is 0.478 e. The second-order valence-corrected chi connectivity index (χ2v) is 5.37. The van der Waals surface area contributed by atoms with Crippen LogP contribution in [0.15, 0.2) is 24.3 Å². The Morgan fingerprint density at radius 1 is 1.38 bits per heavy atom. The molecule has 2 unspecified atom stereocenters. The number of aliphatic hydroxyl groups excluding tert-OH is 1. The van der Waals surface area contributed by atoms with Crippen molar-refractivity contribution >= 4 is 17.7 Å². The smallest absolute Gasteiger partial charge is 0.337 e. The van der Waals surface area contributed by atoms with Gasteiger partial charge in [-0.25, -0.2) is 9.59 Å². The maximum absolute atomic E-state index is 12.6. The fraction of sp³-hybridized carbons (Fsp3) is 0.467. The van der Waals surface area contributed by atoms with Crippen LogP contribution >= 0.6 is 0 Å². The summed E-state index contributed by atoms with van der Waals surface area (Å²) in [5.74, 6) is -0.833. The van der Waals surface area contributed by atoms with Gasteiger partial charge in [0.05, 0.1) is 23.9 Å². The van der Waals surface area contributed by atoms with Crippen LogP contribution in [0.4, 0.5) is 10.5 Å². The number of nitrogens with zero attached hydrogens (tertiary/aromatic N) is 2. The highest BCUT2D eigenvalue weighted by Crippen LogP contribution is 2.27. The van der Waals surface area contributed by atoms with Gasteiger partial charge in [0.15, 0.2) is 0 Å². The van der Waals surface area contributed by atoms with Crippen LogP contribution in [0.25, 0.3) is 0 Å². The third kappa shape index (κ3) is 2.85. The molecular weight excluding hydrogens is 272 g/mol. The minimum absolute atomic E-state index is 0.0820. The summed E-state index contributed by atoms with van der Waals surface area (Å²) in [7, 11) is 1.56. The zero-order valence-corrected chi connectivity index (χ0v) is 12.2. The molecule has 0 radical (unpaired) electrons. The van der Waals surface area contributed by atoms with Crippen molar-refractivity contribution in [3.8, 4) is 0 Å². The van der Waals surface area contributed by atoms with Gasteiger partial charge in [-0.1, -0.05) is 19.1 Å². The summed E-state index contributed by atoms with van der Waals surface area (Å²) in [6.45, 7) is 2.49. The summed E-state index contributed by atoms with van der Waals surface area (Å²) >= 11 is 0.